The number of hydrogen-bond donors (Lipinski definition) is 1. The van der Waals surface area contributed by atoms with Crippen LogP contribution in [0, 0.1) is 0 Å². The van der Waals surface area contributed by atoms with Crippen LogP contribution in [0.5, 0.6) is 5.88 Å². The summed E-state index contributed by atoms with van der Waals surface area (Å²) in [6.45, 7) is 1.26. The summed E-state index contributed by atoms with van der Waals surface area (Å²) >= 11 is 0. The van der Waals surface area contributed by atoms with Gasteiger partial charge in [-0.2, -0.15) is 18.2 Å². The first-order valence-electron chi connectivity index (χ1n) is 4.77. The van der Waals surface area contributed by atoms with Crippen molar-refractivity contribution in [3.63, 3.8) is 0 Å². The van der Waals surface area contributed by atoms with Gasteiger partial charge in [0.15, 0.2) is 6.61 Å². The molecule has 0 aliphatic heterocycles. The molecule has 0 unspecified atom stereocenters. The van der Waals surface area contributed by atoms with Crippen LogP contribution in [0.25, 0.3) is 0 Å². The highest BCUT2D eigenvalue weighted by atomic mass is 19.4. The molecule has 0 fully saturated rings. The molecular weight excluding hydrogens is 223 g/mol. The summed E-state index contributed by atoms with van der Waals surface area (Å²) in [6, 6.07) is 1.28. The average molecular weight is 235 g/mol. The Hall–Kier alpha value is -1.53. The standard InChI is InChI=1S/C9H12F3N3O/c1-2-4-13-8-14-5-3-7(15-8)16-6-9(10,11)12/h3,5H,2,4,6H2,1H3,(H,13,14,15). The van der Waals surface area contributed by atoms with E-state index in [1.54, 1.807) is 0 Å². The maximum Gasteiger partial charge on any atom is 0.422 e. The molecule has 0 aliphatic rings. The second kappa shape index (κ2) is 5.53. The zero-order valence-electron chi connectivity index (χ0n) is 8.71. The summed E-state index contributed by atoms with van der Waals surface area (Å²) in [6.07, 6.45) is -2.14. The zero-order chi connectivity index (χ0) is 12.0. The Morgan fingerprint density at radius 3 is 2.81 bits per heavy atom. The molecule has 1 aromatic heterocycles. The highest BCUT2D eigenvalue weighted by Crippen LogP contribution is 2.17. The van der Waals surface area contributed by atoms with Crippen LogP contribution in [0.4, 0.5) is 19.1 Å². The first kappa shape index (κ1) is 12.5. The Morgan fingerprint density at radius 2 is 2.19 bits per heavy atom. The fourth-order valence-electron chi connectivity index (χ4n) is 0.900. The van der Waals surface area contributed by atoms with E-state index in [9.17, 15) is 13.2 Å². The van der Waals surface area contributed by atoms with E-state index in [0.717, 1.165) is 6.42 Å². The second-order valence-corrected chi connectivity index (χ2v) is 3.05. The fraction of sp³-hybridized carbons (Fsp3) is 0.556. The Labute approximate surface area is 90.9 Å². The van der Waals surface area contributed by atoms with Crippen molar-refractivity contribution >= 4 is 5.95 Å². The SMILES string of the molecule is CCCNc1nccc(OCC(F)(F)F)n1. The molecule has 1 aromatic rings. The molecule has 0 aromatic carbocycles. The van der Waals surface area contributed by atoms with Crippen LogP contribution in [0.1, 0.15) is 13.3 Å². The van der Waals surface area contributed by atoms with Gasteiger partial charge in [-0.05, 0) is 6.42 Å². The van der Waals surface area contributed by atoms with Crippen molar-refractivity contribution in [3.8, 4) is 5.88 Å². The predicted octanol–water partition coefficient (Wildman–Crippen LogP) is 2.24. The first-order valence-corrected chi connectivity index (χ1v) is 4.77. The van der Waals surface area contributed by atoms with Crippen LogP contribution < -0.4 is 10.1 Å². The lowest BCUT2D eigenvalue weighted by Crippen LogP contribution is -2.19. The van der Waals surface area contributed by atoms with E-state index >= 15 is 0 Å². The van der Waals surface area contributed by atoms with Gasteiger partial charge in [0.05, 0.1) is 0 Å². The van der Waals surface area contributed by atoms with Gasteiger partial charge >= 0.3 is 6.18 Å². The minimum absolute atomic E-state index is 0.0917. The smallest absolute Gasteiger partial charge is 0.422 e. The Kier molecular flexibility index (Phi) is 4.33. The van der Waals surface area contributed by atoms with Crippen molar-refractivity contribution in [1.82, 2.24) is 9.97 Å². The molecule has 1 N–H and O–H groups in total. The fourth-order valence-corrected chi connectivity index (χ4v) is 0.900. The Bertz CT molecular complexity index is 330. The summed E-state index contributed by atoms with van der Waals surface area (Å²) in [5.41, 5.74) is 0. The van der Waals surface area contributed by atoms with Crippen LogP contribution in [-0.4, -0.2) is 29.3 Å². The highest BCUT2D eigenvalue weighted by molar-refractivity contribution is 5.27. The molecule has 0 aliphatic carbocycles. The van der Waals surface area contributed by atoms with Crippen LogP contribution in [0.15, 0.2) is 12.3 Å². The van der Waals surface area contributed by atoms with Crippen LogP contribution in [0.2, 0.25) is 0 Å². The summed E-state index contributed by atoms with van der Waals surface area (Å²) in [7, 11) is 0. The normalized spacial score (nSPS) is 11.2. The van der Waals surface area contributed by atoms with Crippen LogP contribution in [0.3, 0.4) is 0 Å². The molecule has 0 atom stereocenters. The van der Waals surface area contributed by atoms with Gasteiger partial charge in [-0.1, -0.05) is 6.92 Å². The van der Waals surface area contributed by atoms with Gasteiger partial charge < -0.3 is 10.1 Å². The molecule has 0 saturated carbocycles. The van der Waals surface area contributed by atoms with Gasteiger partial charge in [-0.15, -0.1) is 0 Å². The van der Waals surface area contributed by atoms with Crippen molar-refractivity contribution in [3.05, 3.63) is 12.3 Å². The molecule has 0 radical (unpaired) electrons. The lowest BCUT2D eigenvalue weighted by Gasteiger charge is -2.09. The van der Waals surface area contributed by atoms with E-state index in [2.05, 4.69) is 20.0 Å². The number of nitrogens with zero attached hydrogens (tertiary/aromatic N) is 2. The van der Waals surface area contributed by atoms with E-state index in [1.807, 2.05) is 6.92 Å². The number of aromatic nitrogens is 2. The van der Waals surface area contributed by atoms with Crippen LogP contribution in [-0.2, 0) is 0 Å². The van der Waals surface area contributed by atoms with Crippen molar-refractivity contribution in [2.24, 2.45) is 0 Å². The van der Waals surface area contributed by atoms with E-state index in [0.29, 0.717) is 6.54 Å². The molecule has 1 rings (SSSR count). The van der Waals surface area contributed by atoms with Gasteiger partial charge in [-0.3, -0.25) is 0 Å². The van der Waals surface area contributed by atoms with E-state index in [4.69, 9.17) is 0 Å². The maximum absolute atomic E-state index is 11.9. The zero-order valence-corrected chi connectivity index (χ0v) is 8.71. The average Bonchev–Trinajstić information content (AvgIpc) is 2.23. The molecule has 0 spiro atoms. The van der Waals surface area contributed by atoms with Gasteiger partial charge in [0.1, 0.15) is 0 Å². The van der Waals surface area contributed by atoms with Gasteiger partial charge in [0.2, 0.25) is 11.8 Å². The first-order chi connectivity index (χ1) is 7.51. The van der Waals surface area contributed by atoms with Crippen molar-refractivity contribution in [2.45, 2.75) is 19.5 Å². The third kappa shape index (κ3) is 4.81. The lowest BCUT2D eigenvalue weighted by molar-refractivity contribution is -0.154. The molecule has 7 heteroatoms. The summed E-state index contributed by atoms with van der Waals surface area (Å²) in [5, 5.41) is 2.85. The molecule has 4 nitrogen and oxygen atoms in total. The minimum atomic E-state index is -4.36. The van der Waals surface area contributed by atoms with Crippen LogP contribution >= 0.6 is 0 Å². The second-order valence-electron chi connectivity index (χ2n) is 3.05. The third-order valence-electron chi connectivity index (χ3n) is 1.55. The maximum atomic E-state index is 11.9. The summed E-state index contributed by atoms with van der Waals surface area (Å²) < 4.78 is 40.1. The monoisotopic (exact) mass is 235 g/mol. The van der Waals surface area contributed by atoms with Gasteiger partial charge in [0, 0.05) is 18.8 Å². The number of nitrogens with one attached hydrogen (secondary N) is 1. The van der Waals surface area contributed by atoms with Crippen molar-refractivity contribution in [1.29, 1.82) is 0 Å². The third-order valence-corrected chi connectivity index (χ3v) is 1.55. The Balaban J connectivity index is 2.53. The quantitative estimate of drug-likeness (QED) is 0.850. The molecule has 90 valence electrons. The number of ether oxygens (including phenoxy) is 1. The molecule has 0 amide bonds. The molecule has 0 bridgehead atoms. The molecule has 1 heterocycles. The van der Waals surface area contributed by atoms with E-state index in [-0.39, 0.29) is 11.8 Å². The molecule has 0 saturated heterocycles. The van der Waals surface area contributed by atoms with E-state index in [1.165, 1.54) is 12.3 Å². The number of halogens is 3. The predicted molar refractivity (Wildman–Crippen MR) is 52.4 cm³/mol. The number of rotatable bonds is 5. The summed E-state index contributed by atoms with van der Waals surface area (Å²) in [4.78, 5) is 7.61. The van der Waals surface area contributed by atoms with Crippen molar-refractivity contribution < 1.29 is 17.9 Å². The number of anilines is 1. The number of alkyl halides is 3. The van der Waals surface area contributed by atoms with Gasteiger partial charge in [-0.25, -0.2) is 4.98 Å². The molecule has 16 heavy (non-hydrogen) atoms. The Morgan fingerprint density at radius 1 is 1.44 bits per heavy atom. The largest absolute Gasteiger partial charge is 0.468 e. The lowest BCUT2D eigenvalue weighted by atomic mass is 10.5. The van der Waals surface area contributed by atoms with Crippen molar-refractivity contribution in [2.75, 3.05) is 18.5 Å². The highest BCUT2D eigenvalue weighted by Gasteiger charge is 2.28. The van der Waals surface area contributed by atoms with Gasteiger partial charge in [0.25, 0.3) is 0 Å². The number of hydrogen-bond acceptors (Lipinski definition) is 4. The topological polar surface area (TPSA) is 47.0 Å². The summed E-state index contributed by atoms with van der Waals surface area (Å²) in [5.74, 6) is 0.174. The van der Waals surface area contributed by atoms with E-state index < -0.39 is 12.8 Å². The molecular formula is C9H12F3N3O. The minimum Gasteiger partial charge on any atom is -0.468 e.